The van der Waals surface area contributed by atoms with Crippen LogP contribution in [0.3, 0.4) is 0 Å². The molecule has 0 saturated heterocycles. The Bertz CT molecular complexity index is 719. The Morgan fingerprint density at radius 1 is 0.850 bits per heavy atom. The van der Waals surface area contributed by atoms with Crippen molar-refractivity contribution >= 4 is 16.7 Å². The quantitative estimate of drug-likeness (QED) is 0.753. The van der Waals surface area contributed by atoms with Crippen molar-refractivity contribution in [3.05, 3.63) is 71.8 Å². The van der Waals surface area contributed by atoms with Gasteiger partial charge in [0.1, 0.15) is 5.82 Å². The number of aryl methyl sites for hydroxylation is 1. The largest absolute Gasteiger partial charge is 0.366 e. The molecule has 0 unspecified atom stereocenters. The minimum absolute atomic E-state index is 0.815. The second kappa shape index (κ2) is 5.74. The molecule has 3 rings (SSSR count). The predicted octanol–water partition coefficient (Wildman–Crippen LogP) is 4.41. The monoisotopic (exact) mass is 262 g/mol. The van der Waals surface area contributed by atoms with E-state index in [0.717, 1.165) is 24.3 Å². The first-order valence-corrected chi connectivity index (χ1v) is 7.03. The van der Waals surface area contributed by atoms with Crippen LogP contribution in [0.1, 0.15) is 18.1 Å². The number of pyridine rings is 1. The SMILES string of the molecule is CCc1ccccc1CNc1ccc2ccccc2n1. The maximum atomic E-state index is 4.63. The fraction of sp³-hybridized carbons (Fsp3) is 0.167. The molecular weight excluding hydrogens is 244 g/mol. The van der Waals surface area contributed by atoms with E-state index in [9.17, 15) is 0 Å². The molecule has 2 heteroatoms. The van der Waals surface area contributed by atoms with E-state index >= 15 is 0 Å². The number of hydrogen-bond acceptors (Lipinski definition) is 2. The molecule has 100 valence electrons. The summed E-state index contributed by atoms with van der Waals surface area (Å²) in [5.41, 5.74) is 3.76. The summed E-state index contributed by atoms with van der Waals surface area (Å²) in [4.78, 5) is 4.63. The molecule has 1 aromatic heterocycles. The summed E-state index contributed by atoms with van der Waals surface area (Å²) in [5.74, 6) is 0.926. The van der Waals surface area contributed by atoms with Crippen LogP contribution in [0.2, 0.25) is 0 Å². The number of aromatic nitrogens is 1. The van der Waals surface area contributed by atoms with Crippen molar-refractivity contribution in [3.63, 3.8) is 0 Å². The molecule has 0 aliphatic carbocycles. The maximum absolute atomic E-state index is 4.63. The van der Waals surface area contributed by atoms with Crippen molar-refractivity contribution in [1.82, 2.24) is 4.98 Å². The molecule has 0 saturated carbocycles. The number of nitrogens with one attached hydrogen (secondary N) is 1. The molecule has 1 N–H and O–H groups in total. The van der Waals surface area contributed by atoms with E-state index in [1.54, 1.807) is 0 Å². The minimum Gasteiger partial charge on any atom is -0.366 e. The van der Waals surface area contributed by atoms with Gasteiger partial charge in [-0.3, -0.25) is 0 Å². The van der Waals surface area contributed by atoms with Crippen LogP contribution in [0.15, 0.2) is 60.7 Å². The number of anilines is 1. The first-order valence-electron chi connectivity index (χ1n) is 7.03. The third-order valence-corrected chi connectivity index (χ3v) is 3.56. The van der Waals surface area contributed by atoms with Gasteiger partial charge in [-0.1, -0.05) is 49.4 Å². The van der Waals surface area contributed by atoms with Gasteiger partial charge in [-0.2, -0.15) is 0 Å². The minimum atomic E-state index is 0.815. The fourth-order valence-electron chi connectivity index (χ4n) is 2.43. The Balaban J connectivity index is 1.79. The van der Waals surface area contributed by atoms with E-state index in [4.69, 9.17) is 0 Å². The van der Waals surface area contributed by atoms with Crippen molar-refractivity contribution in [2.45, 2.75) is 19.9 Å². The average molecular weight is 262 g/mol. The van der Waals surface area contributed by atoms with Crippen LogP contribution >= 0.6 is 0 Å². The van der Waals surface area contributed by atoms with Gasteiger partial charge in [0.2, 0.25) is 0 Å². The van der Waals surface area contributed by atoms with Gasteiger partial charge in [0.25, 0.3) is 0 Å². The number of nitrogens with zero attached hydrogens (tertiary/aromatic N) is 1. The molecule has 3 aromatic rings. The zero-order valence-electron chi connectivity index (χ0n) is 11.6. The molecule has 0 amide bonds. The second-order valence-corrected chi connectivity index (χ2v) is 4.87. The predicted molar refractivity (Wildman–Crippen MR) is 84.9 cm³/mol. The molecule has 0 aliphatic rings. The highest BCUT2D eigenvalue weighted by Crippen LogP contribution is 2.16. The third kappa shape index (κ3) is 2.64. The van der Waals surface area contributed by atoms with Crippen molar-refractivity contribution < 1.29 is 0 Å². The lowest BCUT2D eigenvalue weighted by Gasteiger charge is -2.10. The third-order valence-electron chi connectivity index (χ3n) is 3.56. The molecule has 0 aliphatic heterocycles. The number of para-hydroxylation sites is 1. The summed E-state index contributed by atoms with van der Waals surface area (Å²) in [6.45, 7) is 3.00. The van der Waals surface area contributed by atoms with Crippen molar-refractivity contribution in [3.8, 4) is 0 Å². The zero-order valence-corrected chi connectivity index (χ0v) is 11.6. The van der Waals surface area contributed by atoms with Crippen LogP contribution in [0.4, 0.5) is 5.82 Å². The topological polar surface area (TPSA) is 24.9 Å². The van der Waals surface area contributed by atoms with Gasteiger partial charge in [-0.05, 0) is 35.7 Å². The van der Waals surface area contributed by atoms with E-state index < -0.39 is 0 Å². The van der Waals surface area contributed by atoms with Gasteiger partial charge in [0.15, 0.2) is 0 Å². The van der Waals surface area contributed by atoms with Gasteiger partial charge in [-0.15, -0.1) is 0 Å². The molecular formula is C18H18N2. The summed E-state index contributed by atoms with van der Waals surface area (Å²) < 4.78 is 0. The van der Waals surface area contributed by atoms with Gasteiger partial charge in [0, 0.05) is 11.9 Å². The van der Waals surface area contributed by atoms with Gasteiger partial charge < -0.3 is 5.32 Å². The highest BCUT2D eigenvalue weighted by atomic mass is 15.0. The Morgan fingerprint density at radius 3 is 2.45 bits per heavy atom. The molecule has 1 heterocycles. The standard InChI is InChI=1S/C18H18N2/c1-2-14-7-3-4-9-16(14)13-19-18-12-11-15-8-5-6-10-17(15)20-18/h3-12H,2,13H2,1H3,(H,19,20). The molecule has 0 fully saturated rings. The second-order valence-electron chi connectivity index (χ2n) is 4.87. The Morgan fingerprint density at radius 2 is 1.60 bits per heavy atom. The maximum Gasteiger partial charge on any atom is 0.126 e. The summed E-state index contributed by atoms with van der Waals surface area (Å²) in [5, 5.41) is 4.59. The fourth-order valence-corrected chi connectivity index (χ4v) is 2.43. The van der Waals surface area contributed by atoms with Crippen LogP contribution in [0.5, 0.6) is 0 Å². The van der Waals surface area contributed by atoms with E-state index in [0.29, 0.717) is 0 Å². The summed E-state index contributed by atoms with van der Waals surface area (Å²) in [7, 11) is 0. The summed E-state index contributed by atoms with van der Waals surface area (Å²) in [6, 6.07) is 20.9. The van der Waals surface area contributed by atoms with Crippen LogP contribution in [-0.4, -0.2) is 4.98 Å². The van der Waals surface area contributed by atoms with E-state index in [1.807, 2.05) is 24.3 Å². The van der Waals surface area contributed by atoms with Crippen LogP contribution in [0, 0.1) is 0 Å². The lowest BCUT2D eigenvalue weighted by Crippen LogP contribution is -2.03. The van der Waals surface area contributed by atoms with E-state index in [2.05, 4.69) is 53.6 Å². The molecule has 0 atom stereocenters. The zero-order chi connectivity index (χ0) is 13.8. The van der Waals surface area contributed by atoms with Crippen molar-refractivity contribution in [2.75, 3.05) is 5.32 Å². The Kier molecular flexibility index (Phi) is 3.64. The van der Waals surface area contributed by atoms with Crippen molar-refractivity contribution in [1.29, 1.82) is 0 Å². The smallest absolute Gasteiger partial charge is 0.126 e. The van der Waals surface area contributed by atoms with E-state index in [-0.39, 0.29) is 0 Å². The molecule has 20 heavy (non-hydrogen) atoms. The summed E-state index contributed by atoms with van der Waals surface area (Å²) >= 11 is 0. The van der Waals surface area contributed by atoms with Crippen molar-refractivity contribution in [2.24, 2.45) is 0 Å². The molecule has 0 radical (unpaired) electrons. The Hall–Kier alpha value is -2.35. The van der Waals surface area contributed by atoms with E-state index in [1.165, 1.54) is 16.5 Å². The highest BCUT2D eigenvalue weighted by molar-refractivity contribution is 5.80. The van der Waals surface area contributed by atoms with Crippen LogP contribution in [0.25, 0.3) is 10.9 Å². The first kappa shape index (κ1) is 12.7. The number of fused-ring (bicyclic) bond motifs is 1. The van der Waals surface area contributed by atoms with Crippen LogP contribution < -0.4 is 5.32 Å². The van der Waals surface area contributed by atoms with Gasteiger partial charge in [0.05, 0.1) is 5.52 Å². The molecule has 0 spiro atoms. The number of hydrogen-bond donors (Lipinski definition) is 1. The van der Waals surface area contributed by atoms with Crippen LogP contribution in [-0.2, 0) is 13.0 Å². The normalized spacial score (nSPS) is 10.7. The summed E-state index contributed by atoms with van der Waals surface area (Å²) in [6.07, 6.45) is 1.06. The molecule has 2 aromatic carbocycles. The van der Waals surface area contributed by atoms with Gasteiger partial charge in [-0.25, -0.2) is 4.98 Å². The average Bonchev–Trinajstić information content (AvgIpc) is 2.53. The first-order chi connectivity index (χ1) is 9.86. The lowest BCUT2D eigenvalue weighted by molar-refractivity contribution is 1.04. The molecule has 2 nitrogen and oxygen atoms in total. The number of benzene rings is 2. The lowest BCUT2D eigenvalue weighted by atomic mass is 10.1. The van der Waals surface area contributed by atoms with Gasteiger partial charge >= 0.3 is 0 Å². The number of rotatable bonds is 4. The highest BCUT2D eigenvalue weighted by Gasteiger charge is 2.01. The molecule has 0 bridgehead atoms. The Labute approximate surface area is 119 Å².